The molecule has 0 aliphatic heterocycles. The Morgan fingerprint density at radius 2 is 1.95 bits per heavy atom. The molecule has 0 unspecified atom stereocenters. The number of nitrogen functional groups attached to an aromatic ring is 1. The molecule has 112 valence electrons. The van der Waals surface area contributed by atoms with Gasteiger partial charge in [-0.2, -0.15) is 0 Å². The van der Waals surface area contributed by atoms with Gasteiger partial charge in [-0.05, 0) is 36.8 Å². The van der Waals surface area contributed by atoms with E-state index in [9.17, 15) is 8.42 Å². The second kappa shape index (κ2) is 5.83. The van der Waals surface area contributed by atoms with Gasteiger partial charge in [0.1, 0.15) is 5.75 Å². The summed E-state index contributed by atoms with van der Waals surface area (Å²) in [5.41, 5.74) is 6.94. The summed E-state index contributed by atoms with van der Waals surface area (Å²) in [4.78, 5) is 0.0512. The Morgan fingerprint density at radius 1 is 1.24 bits per heavy atom. The zero-order valence-electron chi connectivity index (χ0n) is 11.6. The van der Waals surface area contributed by atoms with E-state index >= 15 is 0 Å². The Hall–Kier alpha value is -1.92. The minimum atomic E-state index is -3.78. The Labute approximate surface area is 128 Å². The molecule has 7 heteroatoms. The van der Waals surface area contributed by atoms with Crippen molar-refractivity contribution in [1.82, 2.24) is 0 Å². The summed E-state index contributed by atoms with van der Waals surface area (Å²) in [6.07, 6.45) is 0. The first-order valence-electron chi connectivity index (χ1n) is 6.06. The minimum Gasteiger partial charge on any atom is -0.497 e. The molecule has 0 aliphatic rings. The molecule has 2 rings (SSSR count). The molecular formula is C14H15ClN2O3S. The second-order valence-corrected chi connectivity index (χ2v) is 6.54. The van der Waals surface area contributed by atoms with Crippen LogP contribution in [0.2, 0.25) is 5.02 Å². The molecule has 2 aromatic rings. The Bertz CT molecular complexity index is 776. The van der Waals surface area contributed by atoms with E-state index in [1.54, 1.807) is 31.2 Å². The van der Waals surface area contributed by atoms with Crippen LogP contribution in [0.5, 0.6) is 5.75 Å². The maximum Gasteiger partial charge on any atom is 0.262 e. The quantitative estimate of drug-likeness (QED) is 0.846. The molecule has 0 aromatic heterocycles. The van der Waals surface area contributed by atoms with Gasteiger partial charge in [-0.15, -0.1) is 0 Å². The molecule has 0 spiro atoms. The van der Waals surface area contributed by atoms with Crippen molar-refractivity contribution in [2.45, 2.75) is 11.8 Å². The van der Waals surface area contributed by atoms with E-state index in [0.717, 1.165) is 0 Å². The van der Waals surface area contributed by atoms with Crippen molar-refractivity contribution < 1.29 is 13.2 Å². The van der Waals surface area contributed by atoms with Gasteiger partial charge in [0, 0.05) is 16.8 Å². The van der Waals surface area contributed by atoms with Gasteiger partial charge in [-0.1, -0.05) is 17.7 Å². The largest absolute Gasteiger partial charge is 0.497 e. The van der Waals surface area contributed by atoms with Gasteiger partial charge in [0.25, 0.3) is 10.0 Å². The summed E-state index contributed by atoms with van der Waals surface area (Å²) >= 11 is 5.89. The number of benzene rings is 2. The van der Waals surface area contributed by atoms with Crippen molar-refractivity contribution in [3.8, 4) is 5.75 Å². The van der Waals surface area contributed by atoms with Crippen LogP contribution in [0.15, 0.2) is 41.3 Å². The third-order valence-corrected chi connectivity index (χ3v) is 4.70. The lowest BCUT2D eigenvalue weighted by molar-refractivity contribution is 0.415. The van der Waals surface area contributed by atoms with Crippen LogP contribution in [0.25, 0.3) is 0 Å². The third-order valence-electron chi connectivity index (χ3n) is 2.98. The standard InChI is InChI=1S/C14H15ClN2O3S/c1-9-13(16)6-10(15)7-14(9)21(18,19)17-11-4-3-5-12(8-11)20-2/h3-8,17H,16H2,1-2H3. The summed E-state index contributed by atoms with van der Waals surface area (Å²) in [6, 6.07) is 9.51. The van der Waals surface area contributed by atoms with E-state index in [0.29, 0.717) is 22.7 Å². The lowest BCUT2D eigenvalue weighted by Gasteiger charge is -2.13. The normalized spacial score (nSPS) is 11.2. The van der Waals surface area contributed by atoms with Crippen LogP contribution in [0.1, 0.15) is 5.56 Å². The van der Waals surface area contributed by atoms with E-state index in [4.69, 9.17) is 22.1 Å². The van der Waals surface area contributed by atoms with Gasteiger partial charge in [0.2, 0.25) is 0 Å². The number of nitrogens with one attached hydrogen (secondary N) is 1. The monoisotopic (exact) mass is 326 g/mol. The molecule has 0 amide bonds. The van der Waals surface area contributed by atoms with Crippen molar-refractivity contribution >= 4 is 33.0 Å². The zero-order valence-corrected chi connectivity index (χ0v) is 13.1. The number of methoxy groups -OCH3 is 1. The highest BCUT2D eigenvalue weighted by atomic mass is 35.5. The molecule has 0 fully saturated rings. The van der Waals surface area contributed by atoms with E-state index in [2.05, 4.69) is 4.72 Å². The van der Waals surface area contributed by atoms with Crippen molar-refractivity contribution in [3.63, 3.8) is 0 Å². The first-order chi connectivity index (χ1) is 9.83. The topological polar surface area (TPSA) is 81.4 Å². The number of hydrogen-bond acceptors (Lipinski definition) is 4. The van der Waals surface area contributed by atoms with Crippen LogP contribution in [0, 0.1) is 6.92 Å². The maximum atomic E-state index is 12.5. The van der Waals surface area contributed by atoms with Crippen LogP contribution in [-0.2, 0) is 10.0 Å². The van der Waals surface area contributed by atoms with E-state index in [1.807, 2.05) is 0 Å². The molecule has 0 saturated carbocycles. The molecule has 3 N–H and O–H groups in total. The summed E-state index contributed by atoms with van der Waals surface area (Å²) in [6.45, 7) is 1.63. The van der Waals surface area contributed by atoms with Gasteiger partial charge in [-0.25, -0.2) is 8.42 Å². The van der Waals surface area contributed by atoms with E-state index in [-0.39, 0.29) is 9.92 Å². The zero-order chi connectivity index (χ0) is 15.6. The van der Waals surface area contributed by atoms with Crippen molar-refractivity contribution in [3.05, 3.63) is 47.0 Å². The highest BCUT2D eigenvalue weighted by molar-refractivity contribution is 7.92. The van der Waals surface area contributed by atoms with Gasteiger partial charge in [0.15, 0.2) is 0 Å². The molecule has 2 aromatic carbocycles. The fourth-order valence-electron chi connectivity index (χ4n) is 1.85. The van der Waals surface area contributed by atoms with Gasteiger partial charge in [-0.3, -0.25) is 4.72 Å². The number of ether oxygens (including phenoxy) is 1. The van der Waals surface area contributed by atoms with Crippen LogP contribution in [0.3, 0.4) is 0 Å². The average Bonchev–Trinajstić information content (AvgIpc) is 2.42. The molecule has 0 radical (unpaired) electrons. The molecule has 0 saturated heterocycles. The molecule has 0 atom stereocenters. The highest BCUT2D eigenvalue weighted by Gasteiger charge is 2.19. The van der Waals surface area contributed by atoms with Crippen molar-refractivity contribution in [1.29, 1.82) is 0 Å². The number of anilines is 2. The number of sulfonamides is 1. The number of hydrogen-bond donors (Lipinski definition) is 2. The highest BCUT2D eigenvalue weighted by Crippen LogP contribution is 2.28. The average molecular weight is 327 g/mol. The Kier molecular flexibility index (Phi) is 4.29. The first kappa shape index (κ1) is 15.5. The Morgan fingerprint density at radius 3 is 2.62 bits per heavy atom. The Balaban J connectivity index is 2.43. The van der Waals surface area contributed by atoms with Crippen molar-refractivity contribution in [2.75, 3.05) is 17.6 Å². The molecule has 0 bridgehead atoms. The SMILES string of the molecule is COc1cccc(NS(=O)(=O)c2cc(Cl)cc(N)c2C)c1. The summed E-state index contributed by atoms with van der Waals surface area (Å²) in [5.74, 6) is 0.553. The minimum absolute atomic E-state index is 0.0512. The van der Waals surface area contributed by atoms with Gasteiger partial charge >= 0.3 is 0 Å². The summed E-state index contributed by atoms with van der Waals surface area (Å²) < 4.78 is 32.5. The summed E-state index contributed by atoms with van der Waals surface area (Å²) in [7, 11) is -2.27. The van der Waals surface area contributed by atoms with Gasteiger partial charge in [0.05, 0.1) is 17.7 Å². The maximum absolute atomic E-state index is 12.5. The van der Waals surface area contributed by atoms with Crippen LogP contribution in [-0.4, -0.2) is 15.5 Å². The second-order valence-electron chi connectivity index (χ2n) is 4.46. The summed E-state index contributed by atoms with van der Waals surface area (Å²) in [5, 5.41) is 0.268. The van der Waals surface area contributed by atoms with Crippen LogP contribution < -0.4 is 15.2 Å². The number of halogens is 1. The molecule has 5 nitrogen and oxygen atoms in total. The fourth-order valence-corrected chi connectivity index (χ4v) is 3.49. The van der Waals surface area contributed by atoms with E-state index < -0.39 is 10.0 Å². The van der Waals surface area contributed by atoms with Gasteiger partial charge < -0.3 is 10.5 Å². The number of nitrogens with two attached hydrogens (primary N) is 1. The first-order valence-corrected chi connectivity index (χ1v) is 7.92. The smallest absolute Gasteiger partial charge is 0.262 e. The lowest BCUT2D eigenvalue weighted by Crippen LogP contribution is -2.15. The molecular weight excluding hydrogens is 312 g/mol. The fraction of sp³-hybridized carbons (Fsp3) is 0.143. The molecule has 21 heavy (non-hydrogen) atoms. The lowest BCUT2D eigenvalue weighted by atomic mass is 10.2. The van der Waals surface area contributed by atoms with E-state index in [1.165, 1.54) is 19.2 Å². The predicted molar refractivity (Wildman–Crippen MR) is 84.4 cm³/mol. The van der Waals surface area contributed by atoms with Crippen molar-refractivity contribution in [2.24, 2.45) is 0 Å². The number of rotatable bonds is 4. The predicted octanol–water partition coefficient (Wildman–Crippen LogP) is 3.04. The molecule has 0 aliphatic carbocycles. The van der Waals surface area contributed by atoms with Crippen LogP contribution in [0.4, 0.5) is 11.4 Å². The third kappa shape index (κ3) is 3.40. The molecule has 0 heterocycles. The van der Waals surface area contributed by atoms with Crippen LogP contribution >= 0.6 is 11.6 Å².